The van der Waals surface area contributed by atoms with Crippen LogP contribution in [0.1, 0.15) is 12.8 Å². The smallest absolute Gasteiger partial charge is 0.0630 e. The Kier molecular flexibility index (Phi) is 5.45. The quantitative estimate of drug-likeness (QED) is 0.641. The Hall–Kier alpha value is 0.620. The zero-order valence-corrected chi connectivity index (χ0v) is 8.22. The van der Waals surface area contributed by atoms with Crippen molar-refractivity contribution in [2.45, 2.75) is 18.2 Å². The molecule has 0 saturated carbocycles. The lowest BCUT2D eigenvalue weighted by Gasteiger charge is -2.07. The van der Waals surface area contributed by atoms with E-state index in [9.17, 15) is 0 Å². The van der Waals surface area contributed by atoms with Gasteiger partial charge in [0.15, 0.2) is 0 Å². The molecular weight excluding hydrogens is 178 g/mol. The third-order valence-electron chi connectivity index (χ3n) is 1.55. The van der Waals surface area contributed by atoms with Gasteiger partial charge in [-0.05, 0) is 18.6 Å². The minimum absolute atomic E-state index is 0.341. The minimum Gasteiger partial charge on any atom is -0.396 e. The van der Waals surface area contributed by atoms with E-state index < -0.39 is 0 Å². The highest BCUT2D eigenvalue weighted by molar-refractivity contribution is 8.04. The highest BCUT2D eigenvalue weighted by Gasteiger charge is 2.13. The highest BCUT2D eigenvalue weighted by atomic mass is 32.2. The molecule has 1 fully saturated rings. The van der Waals surface area contributed by atoms with Crippen LogP contribution in [-0.4, -0.2) is 34.5 Å². The SMILES string of the molecule is OCCCCSC1CSCN1. The van der Waals surface area contributed by atoms with Crippen LogP contribution in [-0.2, 0) is 0 Å². The van der Waals surface area contributed by atoms with Gasteiger partial charge in [-0.1, -0.05) is 0 Å². The summed E-state index contributed by atoms with van der Waals surface area (Å²) >= 11 is 3.95. The molecule has 2 N–H and O–H groups in total. The van der Waals surface area contributed by atoms with Crippen LogP contribution in [0.25, 0.3) is 0 Å². The molecule has 66 valence electrons. The summed E-state index contributed by atoms with van der Waals surface area (Å²) in [6, 6.07) is 0. The maximum Gasteiger partial charge on any atom is 0.0630 e. The zero-order chi connectivity index (χ0) is 7.94. The van der Waals surface area contributed by atoms with Crippen LogP contribution in [0.4, 0.5) is 0 Å². The van der Waals surface area contributed by atoms with Gasteiger partial charge in [0, 0.05) is 18.2 Å². The van der Waals surface area contributed by atoms with E-state index in [0.717, 1.165) is 18.7 Å². The van der Waals surface area contributed by atoms with Gasteiger partial charge in [0.05, 0.1) is 5.37 Å². The second kappa shape index (κ2) is 6.17. The van der Waals surface area contributed by atoms with Crippen molar-refractivity contribution >= 4 is 23.5 Å². The molecule has 1 heterocycles. The normalized spacial score (nSPS) is 24.3. The van der Waals surface area contributed by atoms with E-state index in [4.69, 9.17) is 5.11 Å². The van der Waals surface area contributed by atoms with Crippen molar-refractivity contribution in [1.29, 1.82) is 0 Å². The second-order valence-corrected chi connectivity index (χ2v) is 4.85. The summed E-state index contributed by atoms with van der Waals surface area (Å²) < 4.78 is 0. The van der Waals surface area contributed by atoms with Gasteiger partial charge >= 0.3 is 0 Å². The van der Waals surface area contributed by atoms with Crippen molar-refractivity contribution in [1.82, 2.24) is 5.32 Å². The average Bonchev–Trinajstić information content (AvgIpc) is 2.50. The summed E-state index contributed by atoms with van der Waals surface area (Å²) in [7, 11) is 0. The first kappa shape index (κ1) is 9.71. The molecule has 1 aliphatic rings. The summed E-state index contributed by atoms with van der Waals surface area (Å²) in [5.74, 6) is 3.53. The fourth-order valence-electron chi connectivity index (χ4n) is 0.923. The van der Waals surface area contributed by atoms with Crippen LogP contribution in [0, 0.1) is 0 Å². The molecule has 1 unspecified atom stereocenters. The fraction of sp³-hybridized carbons (Fsp3) is 1.00. The van der Waals surface area contributed by atoms with Crippen LogP contribution in [0.3, 0.4) is 0 Å². The number of nitrogens with one attached hydrogen (secondary N) is 1. The Bertz CT molecular complexity index is 96.4. The van der Waals surface area contributed by atoms with E-state index >= 15 is 0 Å². The number of thioether (sulfide) groups is 2. The Morgan fingerprint density at radius 2 is 2.45 bits per heavy atom. The van der Waals surface area contributed by atoms with Crippen LogP contribution >= 0.6 is 23.5 Å². The van der Waals surface area contributed by atoms with E-state index in [1.807, 2.05) is 23.5 Å². The lowest BCUT2D eigenvalue weighted by molar-refractivity contribution is 0.287. The van der Waals surface area contributed by atoms with Crippen molar-refractivity contribution in [2.24, 2.45) is 0 Å². The predicted octanol–water partition coefficient (Wildman–Crippen LogP) is 1.11. The monoisotopic (exact) mass is 193 g/mol. The summed E-state index contributed by atoms with van der Waals surface area (Å²) in [4.78, 5) is 0. The number of aliphatic hydroxyl groups excluding tert-OH is 1. The van der Waals surface area contributed by atoms with Gasteiger partial charge in [-0.3, -0.25) is 5.32 Å². The standard InChI is InChI=1S/C7H15NOS2/c9-3-1-2-4-11-7-5-10-6-8-7/h7-9H,1-6H2. The molecule has 0 amide bonds. The Morgan fingerprint density at radius 3 is 3.09 bits per heavy atom. The van der Waals surface area contributed by atoms with Crippen molar-refractivity contribution in [3.63, 3.8) is 0 Å². The molecule has 1 atom stereocenters. The van der Waals surface area contributed by atoms with Crippen molar-refractivity contribution in [3.05, 3.63) is 0 Å². The van der Waals surface area contributed by atoms with E-state index in [0.29, 0.717) is 12.0 Å². The highest BCUT2D eigenvalue weighted by Crippen LogP contribution is 2.20. The Balaban J connectivity index is 1.86. The average molecular weight is 193 g/mol. The van der Waals surface area contributed by atoms with E-state index in [1.165, 1.54) is 11.5 Å². The lowest BCUT2D eigenvalue weighted by atomic mass is 10.4. The Morgan fingerprint density at radius 1 is 1.55 bits per heavy atom. The number of aliphatic hydroxyl groups is 1. The maximum absolute atomic E-state index is 8.53. The molecule has 0 spiro atoms. The van der Waals surface area contributed by atoms with Gasteiger partial charge in [0.2, 0.25) is 0 Å². The number of hydrogen-bond acceptors (Lipinski definition) is 4. The summed E-state index contributed by atoms with van der Waals surface area (Å²) in [6.07, 6.45) is 2.09. The van der Waals surface area contributed by atoms with E-state index in [-0.39, 0.29) is 0 Å². The first-order valence-corrected chi connectivity index (χ1v) is 6.17. The zero-order valence-electron chi connectivity index (χ0n) is 6.58. The molecule has 0 aromatic rings. The number of unbranched alkanes of at least 4 members (excludes halogenated alkanes) is 1. The maximum atomic E-state index is 8.53. The Labute approximate surface area is 76.5 Å². The first-order valence-electron chi connectivity index (χ1n) is 3.97. The van der Waals surface area contributed by atoms with E-state index in [1.54, 1.807) is 0 Å². The van der Waals surface area contributed by atoms with Crippen molar-refractivity contribution in [2.75, 3.05) is 24.0 Å². The molecule has 0 radical (unpaired) electrons. The molecule has 2 nitrogen and oxygen atoms in total. The van der Waals surface area contributed by atoms with Gasteiger partial charge < -0.3 is 5.11 Å². The van der Waals surface area contributed by atoms with Crippen molar-refractivity contribution in [3.8, 4) is 0 Å². The fourth-order valence-corrected chi connectivity index (χ4v) is 3.33. The molecule has 0 aromatic carbocycles. The third-order valence-corrected chi connectivity index (χ3v) is 3.96. The second-order valence-electron chi connectivity index (χ2n) is 2.51. The summed E-state index contributed by atoms with van der Waals surface area (Å²) in [5, 5.41) is 12.6. The summed E-state index contributed by atoms with van der Waals surface area (Å²) in [6.45, 7) is 0.341. The first-order chi connectivity index (χ1) is 5.43. The van der Waals surface area contributed by atoms with Crippen LogP contribution in [0.15, 0.2) is 0 Å². The third kappa shape index (κ3) is 4.25. The predicted molar refractivity (Wildman–Crippen MR) is 53.0 cm³/mol. The molecule has 0 aliphatic carbocycles. The minimum atomic E-state index is 0.341. The van der Waals surface area contributed by atoms with Crippen LogP contribution < -0.4 is 5.32 Å². The number of rotatable bonds is 5. The molecule has 1 rings (SSSR count). The van der Waals surface area contributed by atoms with Crippen molar-refractivity contribution < 1.29 is 5.11 Å². The molecule has 1 saturated heterocycles. The largest absolute Gasteiger partial charge is 0.396 e. The van der Waals surface area contributed by atoms with Crippen LogP contribution in [0.5, 0.6) is 0 Å². The molecule has 1 aliphatic heterocycles. The van der Waals surface area contributed by atoms with Crippen LogP contribution in [0.2, 0.25) is 0 Å². The summed E-state index contributed by atoms with van der Waals surface area (Å²) in [5.41, 5.74) is 0. The van der Waals surface area contributed by atoms with Gasteiger partial charge in [-0.25, -0.2) is 0 Å². The molecule has 11 heavy (non-hydrogen) atoms. The molecular formula is C7H15NOS2. The molecule has 0 bridgehead atoms. The van der Waals surface area contributed by atoms with Gasteiger partial charge in [-0.15, -0.1) is 23.5 Å². The molecule has 4 heteroatoms. The molecule has 0 aromatic heterocycles. The lowest BCUT2D eigenvalue weighted by Crippen LogP contribution is -2.19. The van der Waals surface area contributed by atoms with E-state index in [2.05, 4.69) is 5.32 Å². The van der Waals surface area contributed by atoms with Gasteiger partial charge in [-0.2, -0.15) is 0 Å². The van der Waals surface area contributed by atoms with Gasteiger partial charge in [0.25, 0.3) is 0 Å². The van der Waals surface area contributed by atoms with Gasteiger partial charge in [0.1, 0.15) is 0 Å². The number of hydrogen-bond donors (Lipinski definition) is 2. The topological polar surface area (TPSA) is 32.3 Å².